The van der Waals surface area contributed by atoms with E-state index in [0.717, 1.165) is 27.6 Å². The summed E-state index contributed by atoms with van der Waals surface area (Å²) in [5, 5.41) is 0.946. The van der Waals surface area contributed by atoms with Gasteiger partial charge in [-0.25, -0.2) is 0 Å². The first-order chi connectivity index (χ1) is 14.0. The minimum absolute atomic E-state index is 0.0408. The van der Waals surface area contributed by atoms with Crippen LogP contribution in [-0.2, 0) is 0 Å². The molecule has 0 bridgehead atoms. The Morgan fingerprint density at radius 2 is 1.86 bits per heavy atom. The molecule has 1 fully saturated rings. The Labute approximate surface area is 169 Å². The van der Waals surface area contributed by atoms with Crippen molar-refractivity contribution in [2.75, 3.05) is 13.1 Å². The Morgan fingerprint density at radius 1 is 1.10 bits per heavy atom. The molecule has 2 aromatic carbocycles. The molecule has 1 spiro atoms. The number of nitrogens with one attached hydrogen (secondary N) is 1. The number of hydrogen-bond donors (Lipinski definition) is 1. The van der Waals surface area contributed by atoms with Gasteiger partial charge in [0.2, 0.25) is 0 Å². The van der Waals surface area contributed by atoms with Crippen molar-refractivity contribution in [2.45, 2.75) is 38.7 Å². The van der Waals surface area contributed by atoms with Gasteiger partial charge in [0.25, 0.3) is 5.91 Å². The number of amides is 1. The van der Waals surface area contributed by atoms with Gasteiger partial charge in [0.15, 0.2) is 5.78 Å². The van der Waals surface area contributed by atoms with Gasteiger partial charge in [-0.2, -0.15) is 0 Å². The summed E-state index contributed by atoms with van der Waals surface area (Å²) in [5.41, 5.74) is 4.11. The number of carbonyl (C=O) groups excluding carboxylic acids is 2. The number of piperidine rings is 1. The predicted molar refractivity (Wildman–Crippen MR) is 112 cm³/mol. The number of aromatic amines is 1. The van der Waals surface area contributed by atoms with Crippen molar-refractivity contribution in [3.05, 3.63) is 64.8 Å². The Bertz CT molecular complexity index is 1140. The first-order valence-corrected chi connectivity index (χ1v) is 10.1. The molecule has 3 heterocycles. The highest BCUT2D eigenvalue weighted by molar-refractivity contribution is 6.06. The number of fused-ring (bicyclic) bond motifs is 2. The van der Waals surface area contributed by atoms with E-state index in [0.29, 0.717) is 43.7 Å². The van der Waals surface area contributed by atoms with Gasteiger partial charge in [-0.1, -0.05) is 6.07 Å². The highest BCUT2D eigenvalue weighted by Gasteiger charge is 2.44. The predicted octanol–water partition coefficient (Wildman–Crippen LogP) is 4.42. The van der Waals surface area contributed by atoms with Crippen molar-refractivity contribution in [3.63, 3.8) is 0 Å². The van der Waals surface area contributed by atoms with Crippen molar-refractivity contribution >= 4 is 22.6 Å². The zero-order valence-electron chi connectivity index (χ0n) is 16.7. The Hall–Kier alpha value is -3.08. The molecule has 0 radical (unpaired) electrons. The zero-order valence-corrected chi connectivity index (χ0v) is 16.7. The lowest BCUT2D eigenvalue weighted by atomic mass is 9.81. The van der Waals surface area contributed by atoms with Crippen LogP contribution in [0.1, 0.15) is 51.1 Å². The molecule has 0 aliphatic carbocycles. The molecule has 2 aliphatic heterocycles. The minimum atomic E-state index is -0.497. The summed E-state index contributed by atoms with van der Waals surface area (Å²) in [5.74, 6) is 0.881. The van der Waals surface area contributed by atoms with E-state index >= 15 is 0 Å². The minimum Gasteiger partial charge on any atom is -0.486 e. The Morgan fingerprint density at radius 3 is 2.66 bits per heavy atom. The summed E-state index contributed by atoms with van der Waals surface area (Å²) in [6.45, 7) is 5.23. The molecule has 0 unspecified atom stereocenters. The number of aromatic nitrogens is 1. The molecule has 5 nitrogen and oxygen atoms in total. The third kappa shape index (κ3) is 2.92. The molecule has 5 rings (SSSR count). The molecule has 148 valence electrons. The number of hydrogen-bond acceptors (Lipinski definition) is 3. The zero-order chi connectivity index (χ0) is 20.2. The SMILES string of the molecule is Cc1cc2c(cc1C)C(=O)CC1(CCN(C(=O)c3cccc4[nH]ccc34)CC1)O2. The molecule has 1 saturated heterocycles. The van der Waals surface area contributed by atoms with Crippen LogP contribution in [0.5, 0.6) is 5.75 Å². The summed E-state index contributed by atoms with van der Waals surface area (Å²) in [6, 6.07) is 11.6. The van der Waals surface area contributed by atoms with Crippen LogP contribution in [0, 0.1) is 13.8 Å². The van der Waals surface area contributed by atoms with Crippen molar-refractivity contribution in [2.24, 2.45) is 0 Å². The summed E-state index contributed by atoms with van der Waals surface area (Å²) >= 11 is 0. The molecule has 2 aliphatic rings. The molecule has 29 heavy (non-hydrogen) atoms. The largest absolute Gasteiger partial charge is 0.486 e. The van der Waals surface area contributed by atoms with E-state index in [1.165, 1.54) is 0 Å². The van der Waals surface area contributed by atoms with Gasteiger partial charge in [-0.15, -0.1) is 0 Å². The molecular formula is C24H24N2O3. The third-order valence-electron chi connectivity index (χ3n) is 6.49. The normalized spacial score (nSPS) is 18.0. The van der Waals surface area contributed by atoms with Gasteiger partial charge >= 0.3 is 0 Å². The first kappa shape index (κ1) is 18.0. The second-order valence-corrected chi connectivity index (χ2v) is 8.35. The van der Waals surface area contributed by atoms with E-state index in [-0.39, 0.29) is 11.7 Å². The van der Waals surface area contributed by atoms with Crippen LogP contribution in [0.15, 0.2) is 42.6 Å². The van der Waals surface area contributed by atoms with Crippen LogP contribution in [0.2, 0.25) is 0 Å². The fourth-order valence-corrected chi connectivity index (χ4v) is 4.59. The number of aryl methyl sites for hydroxylation is 2. The van der Waals surface area contributed by atoms with Gasteiger partial charge in [0.05, 0.1) is 12.0 Å². The Balaban J connectivity index is 1.36. The van der Waals surface area contributed by atoms with Gasteiger partial charge < -0.3 is 14.6 Å². The maximum Gasteiger partial charge on any atom is 0.254 e. The van der Waals surface area contributed by atoms with Gasteiger partial charge in [-0.3, -0.25) is 9.59 Å². The van der Waals surface area contributed by atoms with Crippen molar-refractivity contribution in [3.8, 4) is 5.75 Å². The van der Waals surface area contributed by atoms with Crippen molar-refractivity contribution in [1.29, 1.82) is 0 Å². The lowest BCUT2D eigenvalue weighted by molar-refractivity contribution is -0.00570. The number of nitrogens with zero attached hydrogens (tertiary/aromatic N) is 1. The van der Waals surface area contributed by atoms with Crippen LogP contribution in [-0.4, -0.2) is 40.3 Å². The maximum atomic E-state index is 13.1. The number of ether oxygens (including phenoxy) is 1. The topological polar surface area (TPSA) is 62.4 Å². The summed E-state index contributed by atoms with van der Waals surface area (Å²) in [7, 11) is 0. The molecule has 1 N–H and O–H groups in total. The van der Waals surface area contributed by atoms with Crippen LogP contribution in [0.4, 0.5) is 0 Å². The van der Waals surface area contributed by atoms with Crippen LogP contribution >= 0.6 is 0 Å². The van der Waals surface area contributed by atoms with Crippen LogP contribution < -0.4 is 4.74 Å². The first-order valence-electron chi connectivity index (χ1n) is 10.1. The highest BCUT2D eigenvalue weighted by Crippen LogP contribution is 2.40. The standard InChI is InChI=1S/C24H24N2O3/c1-15-12-19-21(27)14-24(29-22(19)13-16(15)2)7-10-26(11-8-24)23(28)18-4-3-5-20-17(18)6-9-25-20/h3-6,9,12-13,25H,7-8,10-11,14H2,1-2H3. The molecule has 0 atom stereocenters. The molecule has 1 aromatic heterocycles. The monoisotopic (exact) mass is 388 g/mol. The van der Waals surface area contributed by atoms with Gasteiger partial charge in [-0.05, 0) is 55.3 Å². The average molecular weight is 388 g/mol. The van der Waals surface area contributed by atoms with Gasteiger partial charge in [0.1, 0.15) is 11.4 Å². The second kappa shape index (κ2) is 6.48. The van der Waals surface area contributed by atoms with Crippen LogP contribution in [0.25, 0.3) is 10.9 Å². The van der Waals surface area contributed by atoms with Crippen molar-refractivity contribution < 1.29 is 14.3 Å². The van der Waals surface area contributed by atoms with E-state index in [4.69, 9.17) is 4.74 Å². The number of H-pyrrole nitrogens is 1. The van der Waals surface area contributed by atoms with E-state index < -0.39 is 5.60 Å². The molecular weight excluding hydrogens is 364 g/mol. The number of rotatable bonds is 1. The van der Waals surface area contributed by atoms with E-state index in [2.05, 4.69) is 4.98 Å². The van der Waals surface area contributed by atoms with E-state index in [1.807, 2.05) is 61.3 Å². The van der Waals surface area contributed by atoms with Gasteiger partial charge in [0, 0.05) is 48.6 Å². The lowest BCUT2D eigenvalue weighted by Crippen LogP contribution is -2.52. The van der Waals surface area contributed by atoms with Crippen LogP contribution in [0.3, 0.4) is 0 Å². The quantitative estimate of drug-likeness (QED) is 0.671. The summed E-state index contributed by atoms with van der Waals surface area (Å²) in [4.78, 5) is 31.0. The lowest BCUT2D eigenvalue weighted by Gasteiger charge is -2.44. The molecule has 5 heteroatoms. The highest BCUT2D eigenvalue weighted by atomic mass is 16.5. The second-order valence-electron chi connectivity index (χ2n) is 8.35. The number of likely N-dealkylation sites (tertiary alicyclic amines) is 1. The molecule has 1 amide bonds. The van der Waals surface area contributed by atoms with E-state index in [1.54, 1.807) is 0 Å². The number of benzene rings is 2. The average Bonchev–Trinajstić information content (AvgIpc) is 3.19. The summed E-state index contributed by atoms with van der Waals surface area (Å²) in [6.07, 6.45) is 3.58. The fraction of sp³-hybridized carbons (Fsp3) is 0.333. The fourth-order valence-electron chi connectivity index (χ4n) is 4.59. The van der Waals surface area contributed by atoms with Crippen molar-refractivity contribution in [1.82, 2.24) is 9.88 Å². The summed E-state index contributed by atoms with van der Waals surface area (Å²) < 4.78 is 6.39. The maximum absolute atomic E-state index is 13.1. The molecule has 0 saturated carbocycles. The Kier molecular flexibility index (Phi) is 4.02. The number of Topliss-reactive ketones (excluding diaryl/α,β-unsaturated/α-hetero) is 1. The van der Waals surface area contributed by atoms with E-state index in [9.17, 15) is 9.59 Å². The molecule has 3 aromatic rings. The number of ketones is 1. The smallest absolute Gasteiger partial charge is 0.254 e. The number of carbonyl (C=O) groups is 2. The third-order valence-corrected chi connectivity index (χ3v) is 6.49.